The van der Waals surface area contributed by atoms with Gasteiger partial charge in [-0.2, -0.15) is 0 Å². The number of hydrogen-bond donors (Lipinski definition) is 0. The summed E-state index contributed by atoms with van der Waals surface area (Å²) < 4.78 is 4.87. The van der Waals surface area contributed by atoms with E-state index in [2.05, 4.69) is 0 Å². The smallest absolute Gasteiger partial charge is 0.342 e. The van der Waals surface area contributed by atoms with Gasteiger partial charge in [0.25, 0.3) is 0 Å². The van der Waals surface area contributed by atoms with Crippen LogP contribution in [-0.4, -0.2) is 24.6 Å². The van der Waals surface area contributed by atoms with Crippen LogP contribution in [0.1, 0.15) is 26.3 Å². The van der Waals surface area contributed by atoms with Gasteiger partial charge in [0.2, 0.25) is 5.78 Å². The van der Waals surface area contributed by atoms with Gasteiger partial charge >= 0.3 is 5.97 Å². The zero-order valence-corrected chi connectivity index (χ0v) is 15.3. The zero-order chi connectivity index (χ0) is 19.9. The molecule has 0 N–H and O–H groups in total. The summed E-state index contributed by atoms with van der Waals surface area (Å²) in [5.41, 5.74) is 0.892. The molecule has 0 bridgehead atoms. The third-order valence-corrected chi connectivity index (χ3v) is 4.23. The number of rotatable bonds is 6. The van der Waals surface area contributed by atoms with E-state index < -0.39 is 17.5 Å². The van der Waals surface area contributed by atoms with Gasteiger partial charge in [0.15, 0.2) is 5.78 Å². The highest BCUT2D eigenvalue weighted by Crippen LogP contribution is 2.27. The first kappa shape index (κ1) is 19.0. The minimum Gasteiger partial charge on any atom is -0.465 e. The molecule has 0 unspecified atom stereocenters. The molecule has 0 aliphatic rings. The van der Waals surface area contributed by atoms with Gasteiger partial charge in [0.1, 0.15) is 5.57 Å². The summed E-state index contributed by atoms with van der Waals surface area (Å²) in [6.07, 6.45) is 0. The number of carbonyl (C=O) groups is 3. The number of esters is 1. The Morgan fingerprint density at radius 1 is 0.571 bits per heavy atom. The van der Waals surface area contributed by atoms with Crippen LogP contribution in [0.15, 0.2) is 96.6 Å². The number of allylic oxidation sites excluding steroid dienone is 1. The Labute approximate surface area is 163 Å². The van der Waals surface area contributed by atoms with Crippen LogP contribution in [0.25, 0.3) is 5.57 Å². The molecule has 0 radical (unpaired) electrons. The predicted molar refractivity (Wildman–Crippen MR) is 107 cm³/mol. The summed E-state index contributed by atoms with van der Waals surface area (Å²) in [5.74, 6) is -1.83. The fourth-order valence-electron chi connectivity index (χ4n) is 2.87. The Morgan fingerprint density at radius 2 is 0.964 bits per heavy atom. The third-order valence-electron chi connectivity index (χ3n) is 4.23. The summed E-state index contributed by atoms with van der Waals surface area (Å²) >= 11 is 0. The Balaban J connectivity index is 2.29. The molecule has 0 saturated carbocycles. The van der Waals surface area contributed by atoms with Gasteiger partial charge in [-0.3, -0.25) is 9.59 Å². The number of carbonyl (C=O) groups excluding carboxylic acids is 3. The summed E-state index contributed by atoms with van der Waals surface area (Å²) in [5, 5.41) is 0. The molecule has 3 aromatic carbocycles. The van der Waals surface area contributed by atoms with Gasteiger partial charge in [-0.15, -0.1) is 0 Å². The maximum absolute atomic E-state index is 13.3. The van der Waals surface area contributed by atoms with Crippen LogP contribution in [0.5, 0.6) is 0 Å². The standard InChI is InChI=1S/C24H18O4/c1-28-24(27)21(23(26)19-15-9-4-10-16-19)20(17-11-5-2-6-12-17)22(25)18-13-7-3-8-14-18/h2-16H,1H3/b21-20-. The van der Waals surface area contributed by atoms with E-state index in [1.165, 1.54) is 7.11 Å². The second-order valence-electron chi connectivity index (χ2n) is 6.00. The molecule has 0 aromatic heterocycles. The minimum absolute atomic E-state index is 0.0208. The van der Waals surface area contributed by atoms with E-state index in [1.807, 2.05) is 0 Å². The molecule has 28 heavy (non-hydrogen) atoms. The lowest BCUT2D eigenvalue weighted by Crippen LogP contribution is -2.20. The van der Waals surface area contributed by atoms with Gasteiger partial charge in [0.05, 0.1) is 7.11 Å². The normalized spacial score (nSPS) is 11.3. The van der Waals surface area contributed by atoms with E-state index in [9.17, 15) is 14.4 Å². The number of benzene rings is 3. The highest BCUT2D eigenvalue weighted by molar-refractivity contribution is 6.41. The molecule has 0 fully saturated rings. The Morgan fingerprint density at radius 3 is 1.39 bits per heavy atom. The molecule has 0 spiro atoms. The SMILES string of the molecule is COC(=O)/C(C(=O)c1ccccc1)=C(\C(=O)c1ccccc1)c1ccccc1. The summed E-state index contributed by atoms with van der Waals surface area (Å²) in [4.78, 5) is 39.1. The minimum atomic E-state index is -0.850. The predicted octanol–water partition coefficient (Wildman–Crippen LogP) is 4.38. The lowest BCUT2D eigenvalue weighted by atomic mass is 9.88. The van der Waals surface area contributed by atoms with E-state index >= 15 is 0 Å². The van der Waals surface area contributed by atoms with Crippen molar-refractivity contribution in [2.24, 2.45) is 0 Å². The number of Topliss-reactive ketones (excluding diaryl/α,β-unsaturated/α-hetero) is 2. The maximum atomic E-state index is 13.3. The first-order chi connectivity index (χ1) is 13.6. The first-order valence-electron chi connectivity index (χ1n) is 8.71. The maximum Gasteiger partial charge on any atom is 0.342 e. The molecular weight excluding hydrogens is 352 g/mol. The highest BCUT2D eigenvalue weighted by Gasteiger charge is 2.30. The Kier molecular flexibility index (Phi) is 5.92. The molecule has 0 amide bonds. The summed E-state index contributed by atoms with van der Waals surface area (Å²) in [6, 6.07) is 25.6. The van der Waals surface area contributed by atoms with Crippen molar-refractivity contribution in [3.05, 3.63) is 113 Å². The highest BCUT2D eigenvalue weighted by atomic mass is 16.5. The molecule has 0 saturated heterocycles. The van der Waals surface area contributed by atoms with E-state index in [4.69, 9.17) is 4.74 Å². The van der Waals surface area contributed by atoms with Gasteiger partial charge < -0.3 is 4.74 Å². The van der Waals surface area contributed by atoms with Crippen molar-refractivity contribution in [2.75, 3.05) is 7.11 Å². The fraction of sp³-hybridized carbons (Fsp3) is 0.0417. The molecule has 0 aliphatic heterocycles. The van der Waals surface area contributed by atoms with Crippen LogP contribution >= 0.6 is 0 Å². The largest absolute Gasteiger partial charge is 0.465 e. The average Bonchev–Trinajstić information content (AvgIpc) is 2.78. The summed E-state index contributed by atoms with van der Waals surface area (Å²) in [6.45, 7) is 0. The van der Waals surface area contributed by atoms with Gasteiger partial charge in [-0.25, -0.2) is 4.79 Å². The van der Waals surface area contributed by atoms with Gasteiger partial charge in [0, 0.05) is 16.7 Å². The lowest BCUT2D eigenvalue weighted by molar-refractivity contribution is -0.135. The monoisotopic (exact) mass is 370 g/mol. The lowest BCUT2D eigenvalue weighted by Gasteiger charge is -2.13. The molecule has 0 atom stereocenters. The quantitative estimate of drug-likeness (QED) is 0.212. The average molecular weight is 370 g/mol. The van der Waals surface area contributed by atoms with Crippen LogP contribution in [0, 0.1) is 0 Å². The number of ketones is 2. The molecule has 3 rings (SSSR count). The van der Waals surface area contributed by atoms with Crippen molar-refractivity contribution < 1.29 is 19.1 Å². The third kappa shape index (κ3) is 3.96. The van der Waals surface area contributed by atoms with E-state index in [-0.39, 0.29) is 11.1 Å². The number of ether oxygens (including phenoxy) is 1. The zero-order valence-electron chi connectivity index (χ0n) is 15.3. The molecule has 0 heterocycles. The first-order valence-corrected chi connectivity index (χ1v) is 8.71. The molecule has 138 valence electrons. The van der Waals surface area contributed by atoms with Crippen molar-refractivity contribution in [1.29, 1.82) is 0 Å². The molecule has 4 nitrogen and oxygen atoms in total. The molecule has 3 aromatic rings. The van der Waals surface area contributed by atoms with Crippen LogP contribution in [0.4, 0.5) is 0 Å². The molecular formula is C24H18O4. The van der Waals surface area contributed by atoms with Crippen molar-refractivity contribution in [1.82, 2.24) is 0 Å². The van der Waals surface area contributed by atoms with E-state index in [0.717, 1.165) is 0 Å². The molecule has 4 heteroatoms. The van der Waals surface area contributed by atoms with Crippen LogP contribution in [0.3, 0.4) is 0 Å². The van der Waals surface area contributed by atoms with E-state index in [0.29, 0.717) is 16.7 Å². The molecule has 0 aliphatic carbocycles. The van der Waals surface area contributed by atoms with Crippen LogP contribution in [0.2, 0.25) is 0 Å². The Hall–Kier alpha value is -3.79. The Bertz CT molecular complexity index is 1020. The second kappa shape index (κ2) is 8.73. The van der Waals surface area contributed by atoms with Gasteiger partial charge in [-0.05, 0) is 5.56 Å². The summed E-state index contributed by atoms with van der Waals surface area (Å²) in [7, 11) is 1.19. The van der Waals surface area contributed by atoms with Crippen LogP contribution in [-0.2, 0) is 9.53 Å². The van der Waals surface area contributed by atoms with Gasteiger partial charge in [-0.1, -0.05) is 91.0 Å². The van der Waals surface area contributed by atoms with Crippen molar-refractivity contribution in [2.45, 2.75) is 0 Å². The number of methoxy groups -OCH3 is 1. The number of hydrogen-bond acceptors (Lipinski definition) is 4. The topological polar surface area (TPSA) is 60.4 Å². The van der Waals surface area contributed by atoms with Crippen LogP contribution < -0.4 is 0 Å². The van der Waals surface area contributed by atoms with Crippen molar-refractivity contribution in [3.63, 3.8) is 0 Å². The fourth-order valence-corrected chi connectivity index (χ4v) is 2.87. The van der Waals surface area contributed by atoms with Crippen molar-refractivity contribution in [3.8, 4) is 0 Å². The van der Waals surface area contributed by atoms with Crippen molar-refractivity contribution >= 4 is 23.1 Å². The van der Waals surface area contributed by atoms with E-state index in [1.54, 1.807) is 91.0 Å². The second-order valence-corrected chi connectivity index (χ2v) is 6.00.